The number of hydrogen-bond donors (Lipinski definition) is 1. The molecule has 0 aliphatic carbocycles. The van der Waals surface area contributed by atoms with Crippen molar-refractivity contribution in [1.29, 1.82) is 0 Å². The van der Waals surface area contributed by atoms with Crippen molar-refractivity contribution in [1.82, 2.24) is 9.62 Å². The van der Waals surface area contributed by atoms with E-state index in [1.165, 1.54) is 10.6 Å². The van der Waals surface area contributed by atoms with Crippen molar-refractivity contribution in [3.63, 3.8) is 0 Å². The van der Waals surface area contributed by atoms with E-state index in [1.54, 1.807) is 0 Å². The Morgan fingerprint density at radius 2 is 2.08 bits per heavy atom. The van der Waals surface area contributed by atoms with Crippen LogP contribution in [-0.4, -0.2) is 44.2 Å². The number of rotatable bonds is 3. The fourth-order valence-corrected chi connectivity index (χ4v) is 2.52. The predicted molar refractivity (Wildman–Crippen MR) is 53.1 cm³/mol. The van der Waals surface area contributed by atoms with Crippen molar-refractivity contribution in [2.45, 2.75) is 32.4 Å². The smallest absolute Gasteiger partial charge is 0.211 e. The van der Waals surface area contributed by atoms with Gasteiger partial charge >= 0.3 is 0 Å². The number of sulfonamides is 1. The highest BCUT2D eigenvalue weighted by molar-refractivity contribution is 7.88. The highest BCUT2D eigenvalue weighted by atomic mass is 32.2. The molecular formula is C8H18N2O2S. The molecule has 1 aliphatic heterocycles. The first kappa shape index (κ1) is 10.9. The first-order valence-corrected chi connectivity index (χ1v) is 6.45. The van der Waals surface area contributed by atoms with E-state index in [9.17, 15) is 8.42 Å². The summed E-state index contributed by atoms with van der Waals surface area (Å²) in [7, 11) is -2.98. The molecule has 0 amide bonds. The second kappa shape index (κ2) is 3.94. The molecule has 4 nitrogen and oxygen atoms in total. The van der Waals surface area contributed by atoms with Crippen molar-refractivity contribution in [2.75, 3.05) is 19.3 Å². The molecule has 1 heterocycles. The van der Waals surface area contributed by atoms with Crippen LogP contribution in [0.25, 0.3) is 0 Å². The van der Waals surface area contributed by atoms with Gasteiger partial charge < -0.3 is 5.32 Å². The summed E-state index contributed by atoms with van der Waals surface area (Å²) in [4.78, 5) is 0. The summed E-state index contributed by atoms with van der Waals surface area (Å²) in [6.45, 7) is 5.42. The van der Waals surface area contributed by atoms with Crippen LogP contribution in [0, 0.1) is 0 Å². The van der Waals surface area contributed by atoms with Gasteiger partial charge in [0, 0.05) is 25.2 Å². The van der Waals surface area contributed by atoms with Crippen molar-refractivity contribution >= 4 is 10.0 Å². The van der Waals surface area contributed by atoms with Crippen LogP contribution in [0.5, 0.6) is 0 Å². The molecule has 1 N–H and O–H groups in total. The summed E-state index contributed by atoms with van der Waals surface area (Å²) in [6.07, 6.45) is 2.19. The molecule has 0 spiro atoms. The van der Waals surface area contributed by atoms with E-state index in [2.05, 4.69) is 19.2 Å². The van der Waals surface area contributed by atoms with Crippen LogP contribution in [0.1, 0.15) is 20.3 Å². The minimum absolute atomic E-state index is 0.328. The van der Waals surface area contributed by atoms with Crippen molar-refractivity contribution in [3.8, 4) is 0 Å². The Labute approximate surface area is 80.4 Å². The zero-order valence-electron chi connectivity index (χ0n) is 8.45. The molecule has 1 saturated heterocycles. The van der Waals surface area contributed by atoms with Crippen molar-refractivity contribution in [3.05, 3.63) is 0 Å². The van der Waals surface area contributed by atoms with Gasteiger partial charge in [0.1, 0.15) is 0 Å². The van der Waals surface area contributed by atoms with E-state index >= 15 is 0 Å². The number of nitrogens with zero attached hydrogens (tertiary/aromatic N) is 1. The van der Waals surface area contributed by atoms with Crippen molar-refractivity contribution < 1.29 is 8.42 Å². The summed E-state index contributed by atoms with van der Waals surface area (Å²) in [5, 5.41) is 3.34. The lowest BCUT2D eigenvalue weighted by Crippen LogP contribution is -2.38. The Hall–Kier alpha value is -0.130. The molecule has 0 bridgehead atoms. The quantitative estimate of drug-likeness (QED) is 0.708. The molecule has 0 aromatic carbocycles. The molecule has 0 aromatic heterocycles. The molecule has 1 aliphatic rings. The van der Waals surface area contributed by atoms with E-state index in [0.29, 0.717) is 25.2 Å². The van der Waals surface area contributed by atoms with Crippen LogP contribution in [0.15, 0.2) is 0 Å². The highest BCUT2D eigenvalue weighted by Gasteiger charge is 2.28. The Morgan fingerprint density at radius 3 is 2.46 bits per heavy atom. The number of hydrogen-bond acceptors (Lipinski definition) is 3. The second-order valence-electron chi connectivity index (χ2n) is 3.93. The van der Waals surface area contributed by atoms with E-state index in [-0.39, 0.29) is 0 Å². The lowest BCUT2D eigenvalue weighted by atomic mass is 10.2. The number of nitrogens with one attached hydrogen (secondary N) is 1. The second-order valence-corrected chi connectivity index (χ2v) is 5.91. The highest BCUT2D eigenvalue weighted by Crippen LogP contribution is 2.12. The molecule has 5 heteroatoms. The third kappa shape index (κ3) is 3.25. The van der Waals surface area contributed by atoms with Crippen LogP contribution < -0.4 is 5.32 Å². The summed E-state index contributed by atoms with van der Waals surface area (Å²) in [6, 6.07) is 0.749. The monoisotopic (exact) mass is 206 g/mol. The topological polar surface area (TPSA) is 49.4 Å². The largest absolute Gasteiger partial charge is 0.310 e. The molecule has 0 unspecified atom stereocenters. The molecule has 0 aromatic rings. The molecular weight excluding hydrogens is 188 g/mol. The first-order valence-electron chi connectivity index (χ1n) is 4.61. The Bertz CT molecular complexity index is 261. The van der Waals surface area contributed by atoms with E-state index < -0.39 is 10.0 Å². The van der Waals surface area contributed by atoms with Gasteiger partial charge in [-0.15, -0.1) is 0 Å². The maximum absolute atomic E-state index is 11.2. The van der Waals surface area contributed by atoms with Gasteiger partial charge in [-0.05, 0) is 6.42 Å². The molecule has 0 saturated carbocycles. The van der Waals surface area contributed by atoms with Gasteiger partial charge in [0.15, 0.2) is 0 Å². The van der Waals surface area contributed by atoms with Gasteiger partial charge in [-0.2, -0.15) is 0 Å². The third-order valence-corrected chi connectivity index (χ3v) is 3.46. The van der Waals surface area contributed by atoms with Gasteiger partial charge in [-0.25, -0.2) is 12.7 Å². The molecule has 0 radical (unpaired) electrons. The molecule has 1 fully saturated rings. The normalized spacial score (nSPS) is 25.7. The standard InChI is InChI=1S/C8H18N2O2S/c1-7(2)9-8-4-5-10(6-8)13(3,11)12/h7-9H,4-6H2,1-3H3/t8-/m1/s1. The lowest BCUT2D eigenvalue weighted by Gasteiger charge is -2.16. The van der Waals surface area contributed by atoms with Gasteiger partial charge in [0.2, 0.25) is 10.0 Å². The van der Waals surface area contributed by atoms with Gasteiger partial charge in [-0.1, -0.05) is 13.8 Å². The Kier molecular flexibility index (Phi) is 3.32. The zero-order chi connectivity index (χ0) is 10.1. The Balaban J connectivity index is 2.46. The molecule has 1 atom stereocenters. The molecule has 13 heavy (non-hydrogen) atoms. The van der Waals surface area contributed by atoms with Crippen molar-refractivity contribution in [2.24, 2.45) is 0 Å². The van der Waals surface area contributed by atoms with Gasteiger partial charge in [-0.3, -0.25) is 0 Å². The molecule has 1 rings (SSSR count). The first-order chi connectivity index (χ1) is 5.89. The van der Waals surface area contributed by atoms with Crippen LogP contribution in [0.2, 0.25) is 0 Å². The van der Waals surface area contributed by atoms with Crippen LogP contribution in [0.3, 0.4) is 0 Å². The van der Waals surface area contributed by atoms with Gasteiger partial charge in [0.05, 0.1) is 6.26 Å². The minimum atomic E-state index is -2.98. The third-order valence-electron chi connectivity index (χ3n) is 2.19. The van der Waals surface area contributed by atoms with Crippen LogP contribution >= 0.6 is 0 Å². The summed E-state index contributed by atoms with van der Waals surface area (Å²) < 4.78 is 23.9. The van der Waals surface area contributed by atoms with Gasteiger partial charge in [0.25, 0.3) is 0 Å². The fourth-order valence-electron chi connectivity index (χ4n) is 1.64. The predicted octanol–water partition coefficient (Wildman–Crippen LogP) is 0.0183. The van der Waals surface area contributed by atoms with Crippen LogP contribution in [-0.2, 0) is 10.0 Å². The average Bonchev–Trinajstić information content (AvgIpc) is 2.32. The van der Waals surface area contributed by atoms with E-state index in [4.69, 9.17) is 0 Å². The summed E-state index contributed by atoms with van der Waals surface area (Å²) in [5.41, 5.74) is 0. The molecule has 78 valence electrons. The summed E-state index contributed by atoms with van der Waals surface area (Å²) >= 11 is 0. The van der Waals surface area contributed by atoms with E-state index in [1.807, 2.05) is 0 Å². The minimum Gasteiger partial charge on any atom is -0.310 e. The maximum Gasteiger partial charge on any atom is 0.211 e. The van der Waals surface area contributed by atoms with E-state index in [0.717, 1.165) is 6.42 Å². The SMILES string of the molecule is CC(C)N[C@@H]1CCN(S(C)(=O)=O)C1. The summed E-state index contributed by atoms with van der Waals surface area (Å²) in [5.74, 6) is 0. The lowest BCUT2D eigenvalue weighted by molar-refractivity contribution is 0.443. The maximum atomic E-state index is 11.2. The zero-order valence-corrected chi connectivity index (χ0v) is 9.26. The van der Waals surface area contributed by atoms with Crippen LogP contribution in [0.4, 0.5) is 0 Å². The Morgan fingerprint density at radius 1 is 1.46 bits per heavy atom. The average molecular weight is 206 g/mol. The fraction of sp³-hybridized carbons (Fsp3) is 1.00.